The highest BCUT2D eigenvalue weighted by Crippen LogP contribution is 2.57. The smallest absolute Gasteiger partial charge is 0.191 e. The Bertz CT molecular complexity index is 779. The summed E-state index contributed by atoms with van der Waals surface area (Å²) in [5.41, 5.74) is -1.07. The molecule has 0 heterocycles. The van der Waals surface area contributed by atoms with Crippen LogP contribution in [-0.4, -0.2) is 53.7 Å². The maximum atomic E-state index is 11.9. The molecular weight excluding hydrogens is 493 g/mol. The number of ether oxygens (including phenoxy) is 2. The lowest BCUT2D eigenvalue weighted by molar-refractivity contribution is -0.0997. The average molecular weight is 553 g/mol. The summed E-state index contributed by atoms with van der Waals surface area (Å²) in [6, 6.07) is 1.16. The van der Waals surface area contributed by atoms with Crippen LogP contribution in [0, 0.1) is 35.0 Å². The molecular formula is C31H60O4Si2. The van der Waals surface area contributed by atoms with Crippen LogP contribution in [0.15, 0.2) is 24.3 Å². The zero-order valence-electron chi connectivity index (χ0n) is 26.3. The molecule has 0 aliphatic heterocycles. The van der Waals surface area contributed by atoms with E-state index in [1.54, 1.807) is 0 Å². The number of aliphatic hydroxyl groups is 1. The van der Waals surface area contributed by atoms with Crippen LogP contribution in [0.1, 0.15) is 61.3 Å². The van der Waals surface area contributed by atoms with Crippen molar-refractivity contribution in [3.8, 4) is 0 Å². The van der Waals surface area contributed by atoms with E-state index < -0.39 is 22.0 Å². The molecule has 3 aliphatic carbocycles. The Hall–Kier alpha value is -0.246. The van der Waals surface area contributed by atoms with E-state index in [-0.39, 0.29) is 16.4 Å². The normalized spacial score (nSPS) is 30.4. The molecule has 0 saturated heterocycles. The highest BCUT2D eigenvalue weighted by molar-refractivity contribution is 6.76. The Morgan fingerprint density at radius 2 is 1.68 bits per heavy atom. The molecule has 0 amide bonds. The molecule has 3 aliphatic rings. The molecule has 1 saturated carbocycles. The van der Waals surface area contributed by atoms with E-state index in [9.17, 15) is 5.11 Å². The van der Waals surface area contributed by atoms with Gasteiger partial charge in [-0.2, -0.15) is 0 Å². The van der Waals surface area contributed by atoms with E-state index >= 15 is 0 Å². The first-order chi connectivity index (χ1) is 16.8. The summed E-state index contributed by atoms with van der Waals surface area (Å²) >= 11 is 0. The molecule has 0 spiro atoms. The van der Waals surface area contributed by atoms with Gasteiger partial charge in [-0.3, -0.25) is 0 Å². The second-order valence-electron chi connectivity index (χ2n) is 15.5. The monoisotopic (exact) mass is 552 g/mol. The van der Waals surface area contributed by atoms with Crippen LogP contribution in [0.4, 0.5) is 0 Å². The second-order valence-corrected chi connectivity index (χ2v) is 25.9. The van der Waals surface area contributed by atoms with Gasteiger partial charge in [0.1, 0.15) is 6.79 Å². The zero-order chi connectivity index (χ0) is 28.3. The average Bonchev–Trinajstić information content (AvgIpc) is 2.74. The molecule has 3 rings (SSSR count). The largest absolute Gasteiger partial charge is 0.417 e. The van der Waals surface area contributed by atoms with Crippen molar-refractivity contribution < 1.29 is 19.0 Å². The Balaban J connectivity index is 1.97. The van der Waals surface area contributed by atoms with Gasteiger partial charge in [0, 0.05) is 26.7 Å². The highest BCUT2D eigenvalue weighted by Gasteiger charge is 2.55. The van der Waals surface area contributed by atoms with Crippen LogP contribution < -0.4 is 0 Å². The van der Waals surface area contributed by atoms with Gasteiger partial charge in [0.25, 0.3) is 0 Å². The Morgan fingerprint density at radius 1 is 1.03 bits per heavy atom. The topological polar surface area (TPSA) is 47.9 Å². The molecule has 6 heteroatoms. The van der Waals surface area contributed by atoms with Crippen molar-refractivity contribution in [3.63, 3.8) is 0 Å². The van der Waals surface area contributed by atoms with Gasteiger partial charge >= 0.3 is 0 Å². The third kappa shape index (κ3) is 8.87. The van der Waals surface area contributed by atoms with E-state index in [4.69, 9.17) is 13.9 Å². The number of fused-ring (bicyclic) bond motifs is 2. The summed E-state index contributed by atoms with van der Waals surface area (Å²) in [7, 11) is -2.86. The van der Waals surface area contributed by atoms with Gasteiger partial charge in [-0.05, 0) is 66.6 Å². The van der Waals surface area contributed by atoms with E-state index in [0.717, 1.165) is 32.1 Å². The predicted molar refractivity (Wildman–Crippen MR) is 163 cm³/mol. The molecule has 6 atom stereocenters. The summed E-state index contributed by atoms with van der Waals surface area (Å²) in [6.45, 7) is 30.4. The number of hydrogen-bond donors (Lipinski definition) is 1. The van der Waals surface area contributed by atoms with Crippen LogP contribution in [0.25, 0.3) is 0 Å². The summed E-state index contributed by atoms with van der Waals surface area (Å²) in [6.07, 6.45) is 10.7. The van der Waals surface area contributed by atoms with Gasteiger partial charge in [-0.15, -0.1) is 0 Å². The number of rotatable bonds is 14. The Labute approximate surface area is 231 Å². The molecule has 0 unspecified atom stereocenters. The third-order valence-corrected chi connectivity index (χ3v) is 15.8. The molecule has 1 fully saturated rings. The standard InChI is InChI=1S/C31H60O4Si2/c1-24(2)28(22-35-37(11,12)29(4,5)6)27-20-30(7)15-14-26(27)19-31(30,32)16-13-25(3)21-34-23-33-17-18-36(8,9)10/h13-16,24-28,32H,17-23H2,1-12H3/b16-13+/t25-,26+,27+,28-,30+,31+/m0/s1. The van der Waals surface area contributed by atoms with Crippen LogP contribution >= 0.6 is 0 Å². The summed E-state index contributed by atoms with van der Waals surface area (Å²) in [4.78, 5) is 0. The van der Waals surface area contributed by atoms with Crippen molar-refractivity contribution in [2.24, 2.45) is 35.0 Å². The third-order valence-electron chi connectivity index (χ3n) is 9.55. The molecule has 0 radical (unpaired) electrons. The van der Waals surface area contributed by atoms with Gasteiger partial charge in [0.15, 0.2) is 8.32 Å². The minimum absolute atomic E-state index is 0.220. The van der Waals surface area contributed by atoms with Gasteiger partial charge in [-0.25, -0.2) is 0 Å². The molecule has 216 valence electrons. The van der Waals surface area contributed by atoms with E-state index in [0.29, 0.717) is 37.1 Å². The Morgan fingerprint density at radius 3 is 2.22 bits per heavy atom. The number of allylic oxidation sites excluding steroid dienone is 1. The fraction of sp³-hybridized carbons (Fsp3) is 0.871. The first kappa shape index (κ1) is 33.0. The highest BCUT2D eigenvalue weighted by atomic mass is 28.4. The van der Waals surface area contributed by atoms with Gasteiger partial charge in [0.2, 0.25) is 0 Å². The lowest BCUT2D eigenvalue weighted by Crippen LogP contribution is -2.56. The molecule has 0 aromatic heterocycles. The lowest BCUT2D eigenvalue weighted by Gasteiger charge is -2.57. The van der Waals surface area contributed by atoms with Crippen molar-refractivity contribution in [1.29, 1.82) is 0 Å². The van der Waals surface area contributed by atoms with Crippen molar-refractivity contribution in [1.82, 2.24) is 0 Å². The molecule has 1 N–H and O–H groups in total. The van der Waals surface area contributed by atoms with Gasteiger partial charge in [0.05, 0.1) is 12.2 Å². The fourth-order valence-corrected chi connectivity index (χ4v) is 7.29. The van der Waals surface area contributed by atoms with E-state index in [1.165, 1.54) is 0 Å². The van der Waals surface area contributed by atoms with Gasteiger partial charge in [-0.1, -0.05) is 92.4 Å². The summed E-state index contributed by atoms with van der Waals surface area (Å²) < 4.78 is 18.2. The van der Waals surface area contributed by atoms with E-state index in [2.05, 4.69) is 106 Å². The minimum atomic E-state index is -1.80. The SMILES string of the molecule is CC(C)[C@H](CO[Si](C)(C)C(C)(C)C)[C@@H]1C[C@@]2(C)C=C[C@@H]1C[C@]2(O)/C=C/[C@H](C)COCOCC[Si](C)(C)C. The zero-order valence-corrected chi connectivity index (χ0v) is 28.3. The van der Waals surface area contributed by atoms with Crippen LogP contribution in [-0.2, 0) is 13.9 Å². The first-order valence-electron chi connectivity index (χ1n) is 14.7. The predicted octanol–water partition coefficient (Wildman–Crippen LogP) is 8.14. The molecule has 0 aromatic rings. The van der Waals surface area contributed by atoms with Crippen molar-refractivity contribution in [2.75, 3.05) is 26.6 Å². The van der Waals surface area contributed by atoms with Crippen molar-refractivity contribution in [2.45, 2.75) is 111 Å². The van der Waals surface area contributed by atoms with Crippen LogP contribution in [0.3, 0.4) is 0 Å². The second kappa shape index (κ2) is 12.5. The quantitative estimate of drug-likeness (QED) is 0.102. The minimum Gasteiger partial charge on any atom is -0.417 e. The van der Waals surface area contributed by atoms with Crippen LogP contribution in [0.5, 0.6) is 0 Å². The fourth-order valence-electron chi connectivity index (χ4n) is 5.49. The van der Waals surface area contributed by atoms with Crippen molar-refractivity contribution in [3.05, 3.63) is 24.3 Å². The molecule has 37 heavy (non-hydrogen) atoms. The summed E-state index contributed by atoms with van der Waals surface area (Å²) in [5.74, 6) is 2.22. The van der Waals surface area contributed by atoms with Crippen molar-refractivity contribution >= 4 is 16.4 Å². The molecule has 4 nitrogen and oxygen atoms in total. The van der Waals surface area contributed by atoms with Crippen LogP contribution in [0.2, 0.25) is 43.8 Å². The maximum absolute atomic E-state index is 11.9. The lowest BCUT2D eigenvalue weighted by atomic mass is 9.51. The first-order valence-corrected chi connectivity index (χ1v) is 21.3. The maximum Gasteiger partial charge on any atom is 0.191 e. The molecule has 2 bridgehead atoms. The Kier molecular flexibility index (Phi) is 11.1. The summed E-state index contributed by atoms with van der Waals surface area (Å²) in [5, 5.41) is 12.1. The number of hydrogen-bond acceptors (Lipinski definition) is 4. The van der Waals surface area contributed by atoms with Gasteiger partial charge < -0.3 is 19.0 Å². The van der Waals surface area contributed by atoms with E-state index in [1.807, 2.05) is 0 Å². The molecule has 0 aromatic carbocycles.